The Kier molecular flexibility index (Phi) is 5.69. The molecule has 8 heteroatoms. The molecule has 1 aromatic heterocycles. The lowest BCUT2D eigenvalue weighted by Gasteiger charge is -2.05. The molecule has 3 aromatic rings. The molecular formula is C19H19N3O3S2. The minimum Gasteiger partial charge on any atom is -0.298 e. The Morgan fingerprint density at radius 2 is 1.89 bits per heavy atom. The molecule has 3 rings (SSSR count). The van der Waals surface area contributed by atoms with Crippen LogP contribution < -0.4 is 10.0 Å². The van der Waals surface area contributed by atoms with Crippen molar-refractivity contribution in [2.24, 2.45) is 0 Å². The highest BCUT2D eigenvalue weighted by Gasteiger charge is 2.15. The van der Waals surface area contributed by atoms with Crippen molar-refractivity contribution in [1.82, 2.24) is 9.71 Å². The third-order valence-corrected chi connectivity index (χ3v) is 6.23. The van der Waals surface area contributed by atoms with E-state index in [9.17, 15) is 13.2 Å². The molecule has 0 radical (unpaired) electrons. The zero-order valence-corrected chi connectivity index (χ0v) is 16.5. The first kappa shape index (κ1) is 19.2. The van der Waals surface area contributed by atoms with Crippen molar-refractivity contribution in [3.8, 4) is 11.3 Å². The van der Waals surface area contributed by atoms with Crippen molar-refractivity contribution in [3.63, 3.8) is 0 Å². The summed E-state index contributed by atoms with van der Waals surface area (Å²) < 4.78 is 26.0. The van der Waals surface area contributed by atoms with E-state index in [1.54, 1.807) is 6.07 Å². The smallest absolute Gasteiger partial charge is 0.257 e. The molecule has 0 saturated heterocycles. The van der Waals surface area contributed by atoms with Crippen LogP contribution >= 0.6 is 11.3 Å². The number of nitrogens with zero attached hydrogens (tertiary/aromatic N) is 1. The van der Waals surface area contributed by atoms with Crippen molar-refractivity contribution in [3.05, 3.63) is 65.0 Å². The van der Waals surface area contributed by atoms with E-state index in [-0.39, 0.29) is 10.5 Å². The molecule has 1 amide bonds. The van der Waals surface area contributed by atoms with Crippen LogP contribution in [0.1, 0.15) is 22.8 Å². The van der Waals surface area contributed by atoms with Gasteiger partial charge < -0.3 is 0 Å². The number of carbonyl (C=O) groups excluding carboxylic acids is 1. The summed E-state index contributed by atoms with van der Waals surface area (Å²) >= 11 is 1.32. The Morgan fingerprint density at radius 1 is 1.15 bits per heavy atom. The molecule has 2 N–H and O–H groups in total. The Hall–Kier alpha value is -2.55. The van der Waals surface area contributed by atoms with Crippen molar-refractivity contribution in [2.45, 2.75) is 18.2 Å². The average Bonchev–Trinajstić information content (AvgIpc) is 3.16. The van der Waals surface area contributed by atoms with Crippen LogP contribution in [0.15, 0.2) is 58.8 Å². The lowest BCUT2D eigenvalue weighted by Crippen LogP contribution is -2.19. The number of anilines is 1. The molecule has 0 bridgehead atoms. The average molecular weight is 402 g/mol. The summed E-state index contributed by atoms with van der Waals surface area (Å²) in [4.78, 5) is 16.9. The summed E-state index contributed by atoms with van der Waals surface area (Å²) in [5, 5.41) is 5.05. The van der Waals surface area contributed by atoms with Crippen LogP contribution in [-0.2, 0) is 16.4 Å². The number of thiazole rings is 1. The Bertz CT molecular complexity index is 1060. The van der Waals surface area contributed by atoms with E-state index in [0.29, 0.717) is 5.13 Å². The van der Waals surface area contributed by atoms with Crippen LogP contribution in [0.2, 0.25) is 0 Å². The van der Waals surface area contributed by atoms with Gasteiger partial charge in [-0.05, 0) is 37.2 Å². The maximum Gasteiger partial charge on any atom is 0.257 e. The molecule has 140 valence electrons. The summed E-state index contributed by atoms with van der Waals surface area (Å²) in [5.41, 5.74) is 3.25. The summed E-state index contributed by atoms with van der Waals surface area (Å²) in [7, 11) is -2.28. The van der Waals surface area contributed by atoms with E-state index in [0.717, 1.165) is 17.7 Å². The number of hydrogen-bond donors (Lipinski definition) is 2. The van der Waals surface area contributed by atoms with Gasteiger partial charge in [0.15, 0.2) is 5.13 Å². The highest BCUT2D eigenvalue weighted by atomic mass is 32.2. The number of rotatable bonds is 6. The first-order chi connectivity index (χ1) is 12.9. The normalized spacial score (nSPS) is 11.3. The number of sulfonamides is 1. The van der Waals surface area contributed by atoms with Crippen molar-refractivity contribution in [1.29, 1.82) is 0 Å². The van der Waals surface area contributed by atoms with Crippen LogP contribution in [0.4, 0.5) is 5.13 Å². The zero-order valence-electron chi connectivity index (χ0n) is 14.9. The van der Waals surface area contributed by atoms with Crippen molar-refractivity contribution < 1.29 is 13.2 Å². The van der Waals surface area contributed by atoms with Crippen LogP contribution in [0.25, 0.3) is 11.3 Å². The predicted octanol–water partition coefficient (Wildman–Crippen LogP) is 3.53. The van der Waals surface area contributed by atoms with Crippen LogP contribution in [0.5, 0.6) is 0 Å². The fourth-order valence-corrected chi connectivity index (χ4v) is 3.96. The van der Waals surface area contributed by atoms with Crippen LogP contribution in [0.3, 0.4) is 0 Å². The summed E-state index contributed by atoms with van der Waals surface area (Å²) in [6.45, 7) is 2.10. The monoisotopic (exact) mass is 401 g/mol. The number of aromatic nitrogens is 1. The Balaban J connectivity index is 1.77. The van der Waals surface area contributed by atoms with Gasteiger partial charge in [0.05, 0.1) is 10.6 Å². The molecule has 27 heavy (non-hydrogen) atoms. The predicted molar refractivity (Wildman–Crippen MR) is 108 cm³/mol. The van der Waals surface area contributed by atoms with E-state index in [1.165, 1.54) is 42.1 Å². The first-order valence-corrected chi connectivity index (χ1v) is 10.7. The van der Waals surface area contributed by atoms with Crippen LogP contribution in [0, 0.1) is 0 Å². The van der Waals surface area contributed by atoms with Gasteiger partial charge in [0, 0.05) is 16.5 Å². The van der Waals surface area contributed by atoms with E-state index < -0.39 is 15.9 Å². The van der Waals surface area contributed by atoms with Gasteiger partial charge >= 0.3 is 0 Å². The Labute approximate surface area is 162 Å². The quantitative estimate of drug-likeness (QED) is 0.661. The molecule has 0 unspecified atom stereocenters. The standard InChI is InChI=1S/C19H19N3O3S2/c1-3-13-7-9-14(10-8-13)17-12-26-19(21-17)22-18(23)15-5-4-6-16(11-15)27(24,25)20-2/h4-12,20H,3H2,1-2H3,(H,21,22,23). The number of hydrogen-bond acceptors (Lipinski definition) is 5. The minimum absolute atomic E-state index is 0.0356. The van der Waals surface area contributed by atoms with Gasteiger partial charge in [-0.2, -0.15) is 0 Å². The summed E-state index contributed by atoms with van der Waals surface area (Å²) in [6, 6.07) is 14.0. The van der Waals surface area contributed by atoms with Gasteiger partial charge in [0.2, 0.25) is 10.0 Å². The SMILES string of the molecule is CCc1ccc(-c2csc(NC(=O)c3cccc(S(=O)(=O)NC)c3)n2)cc1. The molecular weight excluding hydrogens is 382 g/mol. The Morgan fingerprint density at radius 3 is 2.56 bits per heavy atom. The largest absolute Gasteiger partial charge is 0.298 e. The molecule has 0 saturated carbocycles. The number of aryl methyl sites for hydroxylation is 1. The zero-order chi connectivity index (χ0) is 19.4. The maximum atomic E-state index is 12.5. The van der Waals surface area contributed by atoms with Crippen molar-refractivity contribution in [2.75, 3.05) is 12.4 Å². The van der Waals surface area contributed by atoms with Gasteiger partial charge in [0.1, 0.15) is 0 Å². The third-order valence-electron chi connectivity index (χ3n) is 4.06. The molecule has 0 fully saturated rings. The molecule has 6 nitrogen and oxygen atoms in total. The molecule has 2 aromatic carbocycles. The fraction of sp³-hybridized carbons (Fsp3) is 0.158. The highest BCUT2D eigenvalue weighted by molar-refractivity contribution is 7.89. The van der Waals surface area contributed by atoms with Gasteiger partial charge in [0.25, 0.3) is 5.91 Å². The second-order valence-electron chi connectivity index (χ2n) is 5.78. The van der Waals surface area contributed by atoms with Crippen LogP contribution in [-0.4, -0.2) is 26.4 Å². The van der Waals surface area contributed by atoms with E-state index >= 15 is 0 Å². The van der Waals surface area contributed by atoms with Gasteiger partial charge in [-0.15, -0.1) is 11.3 Å². The minimum atomic E-state index is -3.61. The molecule has 1 heterocycles. The summed E-state index contributed by atoms with van der Waals surface area (Å²) in [6.07, 6.45) is 0.973. The van der Waals surface area contributed by atoms with E-state index in [4.69, 9.17) is 0 Å². The lowest BCUT2D eigenvalue weighted by molar-refractivity contribution is 0.102. The van der Waals surface area contributed by atoms with Crippen molar-refractivity contribution >= 4 is 32.4 Å². The highest BCUT2D eigenvalue weighted by Crippen LogP contribution is 2.25. The summed E-state index contributed by atoms with van der Waals surface area (Å²) in [5.74, 6) is -0.412. The number of amides is 1. The van der Waals surface area contributed by atoms with E-state index in [2.05, 4.69) is 34.1 Å². The van der Waals surface area contributed by atoms with Gasteiger partial charge in [-0.25, -0.2) is 18.1 Å². The maximum absolute atomic E-state index is 12.5. The second-order valence-corrected chi connectivity index (χ2v) is 8.52. The van der Waals surface area contributed by atoms with Gasteiger partial charge in [-0.1, -0.05) is 37.3 Å². The second kappa shape index (κ2) is 7.99. The lowest BCUT2D eigenvalue weighted by atomic mass is 10.1. The topological polar surface area (TPSA) is 88.2 Å². The van der Waals surface area contributed by atoms with Gasteiger partial charge in [-0.3, -0.25) is 10.1 Å². The molecule has 0 aliphatic rings. The molecule has 0 aliphatic carbocycles. The fourth-order valence-electron chi connectivity index (χ4n) is 2.47. The van der Waals surface area contributed by atoms with E-state index in [1.807, 2.05) is 17.5 Å². The first-order valence-electron chi connectivity index (χ1n) is 8.32. The number of benzene rings is 2. The molecule has 0 spiro atoms. The third kappa shape index (κ3) is 4.41. The number of carbonyl (C=O) groups is 1. The number of nitrogens with one attached hydrogen (secondary N) is 2. The molecule has 0 aliphatic heterocycles. The molecule has 0 atom stereocenters.